The first-order chi connectivity index (χ1) is 7.57. The third kappa shape index (κ3) is 1.97. The van der Waals surface area contributed by atoms with Crippen molar-refractivity contribution in [3.05, 3.63) is 0 Å². The zero-order valence-electron chi connectivity index (χ0n) is 10.5. The van der Waals surface area contributed by atoms with Crippen LogP contribution >= 0.6 is 0 Å². The van der Waals surface area contributed by atoms with Crippen molar-refractivity contribution >= 4 is 5.91 Å². The van der Waals surface area contributed by atoms with E-state index in [0.717, 1.165) is 25.8 Å². The van der Waals surface area contributed by atoms with Crippen LogP contribution in [-0.2, 0) is 4.79 Å². The first kappa shape index (κ1) is 11.9. The summed E-state index contributed by atoms with van der Waals surface area (Å²) in [4.78, 5) is 14.6. The van der Waals surface area contributed by atoms with E-state index >= 15 is 0 Å². The van der Waals surface area contributed by atoms with Gasteiger partial charge in [-0.25, -0.2) is 0 Å². The molecule has 0 radical (unpaired) electrons. The maximum Gasteiger partial charge on any atom is 0.228 e. The molecule has 1 aliphatic carbocycles. The van der Waals surface area contributed by atoms with Crippen LogP contribution in [0, 0.1) is 11.3 Å². The largest absolute Gasteiger partial charge is 0.339 e. The van der Waals surface area contributed by atoms with Crippen LogP contribution < -0.4 is 5.73 Å². The van der Waals surface area contributed by atoms with Gasteiger partial charge >= 0.3 is 0 Å². The Labute approximate surface area is 98.4 Å². The van der Waals surface area contributed by atoms with E-state index in [-0.39, 0.29) is 5.41 Å². The zero-order valence-corrected chi connectivity index (χ0v) is 10.5. The Balaban J connectivity index is 2.04. The van der Waals surface area contributed by atoms with E-state index in [1.54, 1.807) is 0 Å². The van der Waals surface area contributed by atoms with Gasteiger partial charge in [-0.15, -0.1) is 0 Å². The van der Waals surface area contributed by atoms with E-state index in [0.29, 0.717) is 24.4 Å². The highest BCUT2D eigenvalue weighted by molar-refractivity contribution is 5.83. The molecule has 3 nitrogen and oxygen atoms in total. The van der Waals surface area contributed by atoms with Gasteiger partial charge in [0.05, 0.1) is 0 Å². The van der Waals surface area contributed by atoms with E-state index in [4.69, 9.17) is 5.73 Å². The number of hydrogen-bond acceptors (Lipinski definition) is 2. The lowest BCUT2D eigenvalue weighted by Gasteiger charge is -2.31. The molecule has 0 bridgehead atoms. The molecule has 2 rings (SSSR count). The van der Waals surface area contributed by atoms with E-state index in [1.165, 1.54) is 12.8 Å². The Kier molecular flexibility index (Phi) is 3.24. The van der Waals surface area contributed by atoms with Crippen molar-refractivity contribution in [1.82, 2.24) is 4.90 Å². The summed E-state index contributed by atoms with van der Waals surface area (Å²) in [7, 11) is 0. The van der Waals surface area contributed by atoms with Crippen LogP contribution in [-0.4, -0.2) is 29.9 Å². The first-order valence-electron chi connectivity index (χ1n) is 6.58. The highest BCUT2D eigenvalue weighted by Gasteiger charge is 2.43. The minimum Gasteiger partial charge on any atom is -0.339 e. The molecule has 92 valence electrons. The molecule has 0 aromatic heterocycles. The normalized spacial score (nSPS) is 33.3. The Morgan fingerprint density at radius 3 is 2.56 bits per heavy atom. The third-order valence-corrected chi connectivity index (χ3v) is 4.48. The van der Waals surface area contributed by atoms with Gasteiger partial charge in [-0.3, -0.25) is 4.79 Å². The lowest BCUT2D eigenvalue weighted by molar-refractivity contribution is -0.141. The fourth-order valence-electron chi connectivity index (χ4n) is 3.31. The molecule has 0 spiro atoms. The lowest BCUT2D eigenvalue weighted by Crippen LogP contribution is -2.43. The molecule has 2 unspecified atom stereocenters. The van der Waals surface area contributed by atoms with Gasteiger partial charge < -0.3 is 10.6 Å². The fourth-order valence-corrected chi connectivity index (χ4v) is 3.31. The Hall–Kier alpha value is -0.570. The Morgan fingerprint density at radius 1 is 1.44 bits per heavy atom. The summed E-state index contributed by atoms with van der Waals surface area (Å²) in [5, 5.41) is 0. The maximum absolute atomic E-state index is 12.5. The summed E-state index contributed by atoms with van der Waals surface area (Å²) >= 11 is 0. The van der Waals surface area contributed by atoms with Crippen molar-refractivity contribution in [3.8, 4) is 0 Å². The van der Waals surface area contributed by atoms with Gasteiger partial charge in [0, 0.05) is 18.0 Å². The minimum absolute atomic E-state index is 0.0717. The summed E-state index contributed by atoms with van der Waals surface area (Å²) < 4.78 is 0. The van der Waals surface area contributed by atoms with Crippen molar-refractivity contribution in [2.45, 2.75) is 52.0 Å². The third-order valence-electron chi connectivity index (χ3n) is 4.48. The molecule has 2 aliphatic rings. The number of hydrogen-bond donors (Lipinski definition) is 1. The molecule has 1 aliphatic heterocycles. The SMILES string of the molecule is CC1CC(CN)CN1C(=O)C1(C)CCCC1. The molecule has 0 aromatic rings. The topological polar surface area (TPSA) is 46.3 Å². The molecule has 2 N–H and O–H groups in total. The minimum atomic E-state index is -0.0717. The molecule has 1 heterocycles. The van der Waals surface area contributed by atoms with Crippen LogP contribution in [0.2, 0.25) is 0 Å². The summed E-state index contributed by atoms with van der Waals surface area (Å²) in [5.74, 6) is 0.900. The molecule has 1 amide bonds. The summed E-state index contributed by atoms with van der Waals surface area (Å²) in [5.41, 5.74) is 5.64. The van der Waals surface area contributed by atoms with Gasteiger partial charge in [-0.2, -0.15) is 0 Å². The molecule has 2 fully saturated rings. The number of likely N-dealkylation sites (tertiary alicyclic amines) is 1. The molecular formula is C13H24N2O. The van der Waals surface area contributed by atoms with Gasteiger partial charge in [0.25, 0.3) is 0 Å². The van der Waals surface area contributed by atoms with Crippen LogP contribution in [0.25, 0.3) is 0 Å². The average molecular weight is 224 g/mol. The van der Waals surface area contributed by atoms with Gasteiger partial charge in [0.15, 0.2) is 0 Å². The second-order valence-electron chi connectivity index (χ2n) is 5.91. The average Bonchev–Trinajstić information content (AvgIpc) is 2.85. The highest BCUT2D eigenvalue weighted by Crippen LogP contribution is 2.40. The van der Waals surface area contributed by atoms with Crippen LogP contribution in [0.4, 0.5) is 0 Å². The van der Waals surface area contributed by atoms with Crippen molar-refractivity contribution in [2.24, 2.45) is 17.1 Å². The predicted octanol–water partition coefficient (Wildman–Crippen LogP) is 1.76. The van der Waals surface area contributed by atoms with Gasteiger partial charge in [-0.05, 0) is 38.6 Å². The second-order valence-corrected chi connectivity index (χ2v) is 5.91. The van der Waals surface area contributed by atoms with Crippen molar-refractivity contribution in [2.75, 3.05) is 13.1 Å². The fraction of sp³-hybridized carbons (Fsp3) is 0.923. The second kappa shape index (κ2) is 4.36. The van der Waals surface area contributed by atoms with Crippen LogP contribution in [0.3, 0.4) is 0 Å². The van der Waals surface area contributed by atoms with Gasteiger partial charge in [-0.1, -0.05) is 19.8 Å². The quantitative estimate of drug-likeness (QED) is 0.777. The van der Waals surface area contributed by atoms with Gasteiger partial charge in [0.1, 0.15) is 0 Å². The predicted molar refractivity (Wildman–Crippen MR) is 64.9 cm³/mol. The van der Waals surface area contributed by atoms with Crippen molar-refractivity contribution < 1.29 is 4.79 Å². The van der Waals surface area contributed by atoms with E-state index in [2.05, 4.69) is 18.7 Å². The van der Waals surface area contributed by atoms with Gasteiger partial charge in [0.2, 0.25) is 5.91 Å². The van der Waals surface area contributed by atoms with E-state index in [1.807, 2.05) is 0 Å². The maximum atomic E-state index is 12.5. The Morgan fingerprint density at radius 2 is 2.06 bits per heavy atom. The molecule has 1 saturated heterocycles. The monoisotopic (exact) mass is 224 g/mol. The molecule has 2 atom stereocenters. The zero-order chi connectivity index (χ0) is 11.8. The number of rotatable bonds is 2. The number of carbonyl (C=O) groups excluding carboxylic acids is 1. The van der Waals surface area contributed by atoms with Crippen LogP contribution in [0.15, 0.2) is 0 Å². The smallest absolute Gasteiger partial charge is 0.228 e. The van der Waals surface area contributed by atoms with E-state index < -0.39 is 0 Å². The number of nitrogens with zero attached hydrogens (tertiary/aromatic N) is 1. The van der Waals surface area contributed by atoms with Crippen LogP contribution in [0.5, 0.6) is 0 Å². The molecule has 16 heavy (non-hydrogen) atoms. The number of carbonyl (C=O) groups is 1. The number of nitrogens with two attached hydrogens (primary N) is 1. The van der Waals surface area contributed by atoms with Crippen LogP contribution in [0.1, 0.15) is 46.0 Å². The van der Waals surface area contributed by atoms with Crippen molar-refractivity contribution in [3.63, 3.8) is 0 Å². The molecule has 1 saturated carbocycles. The van der Waals surface area contributed by atoms with Crippen molar-refractivity contribution in [1.29, 1.82) is 0 Å². The highest BCUT2D eigenvalue weighted by atomic mass is 16.2. The standard InChI is InChI=1S/C13H24N2O/c1-10-7-11(8-14)9-15(10)12(16)13(2)5-3-4-6-13/h10-11H,3-9,14H2,1-2H3. The molecule has 0 aromatic carbocycles. The molecule has 3 heteroatoms. The Bertz CT molecular complexity index is 271. The summed E-state index contributed by atoms with van der Waals surface area (Å²) in [6, 6.07) is 0.387. The van der Waals surface area contributed by atoms with E-state index in [9.17, 15) is 4.79 Å². The summed E-state index contributed by atoms with van der Waals surface area (Å²) in [6.45, 7) is 5.90. The first-order valence-corrected chi connectivity index (χ1v) is 6.58. The lowest BCUT2D eigenvalue weighted by atomic mass is 9.87. The summed E-state index contributed by atoms with van der Waals surface area (Å²) in [6.07, 6.45) is 5.65. The number of amides is 1. The molecular weight excluding hydrogens is 200 g/mol.